The lowest BCUT2D eigenvalue weighted by Gasteiger charge is -2.18. The van der Waals surface area contributed by atoms with Gasteiger partial charge in [-0.15, -0.1) is 0 Å². The van der Waals surface area contributed by atoms with Crippen LogP contribution >= 0.6 is 0 Å². The highest BCUT2D eigenvalue weighted by molar-refractivity contribution is 5.62. The Morgan fingerprint density at radius 1 is 1.55 bits per heavy atom. The van der Waals surface area contributed by atoms with Gasteiger partial charge in [-0.3, -0.25) is 0 Å². The summed E-state index contributed by atoms with van der Waals surface area (Å²) in [4.78, 5) is 10.2. The third-order valence-electron chi connectivity index (χ3n) is 1.12. The molecule has 70 valence electrons. The molecular weight excluding hydrogens is 138 g/mol. The first-order chi connectivity index (χ1) is 4.98. The number of carbonyl (C=O) groups is 1. The van der Waals surface area contributed by atoms with Gasteiger partial charge in [-0.1, -0.05) is 27.7 Å². The van der Waals surface area contributed by atoms with Gasteiger partial charge in [0.1, 0.15) is 6.29 Å². The quantitative estimate of drug-likeness (QED) is 0.645. The summed E-state index contributed by atoms with van der Waals surface area (Å²) in [5.74, 6) is 0.491. The van der Waals surface area contributed by atoms with Crippen LogP contribution in [0.15, 0.2) is 0 Å². The van der Waals surface area contributed by atoms with Gasteiger partial charge in [-0.2, -0.15) is 0 Å². The number of carbonyl (C=O) groups excluding carboxylic acids is 1. The van der Waals surface area contributed by atoms with Gasteiger partial charge in [0.2, 0.25) is 0 Å². The summed E-state index contributed by atoms with van der Waals surface area (Å²) in [6, 6.07) is 0. The Bertz CT molecular complexity index is 103. The predicted octanol–water partition coefficient (Wildman–Crippen LogP) is 2.22. The highest BCUT2D eigenvalue weighted by atomic mass is 16.1. The number of hydrogen-bond donors (Lipinski definition) is 1. The zero-order valence-corrected chi connectivity index (χ0v) is 8.35. The van der Waals surface area contributed by atoms with E-state index in [-0.39, 0.29) is 1.43 Å². The molecule has 1 atom stereocenters. The third-order valence-corrected chi connectivity index (χ3v) is 1.12. The Morgan fingerprint density at radius 2 is 1.91 bits per heavy atom. The van der Waals surface area contributed by atoms with E-state index in [2.05, 4.69) is 13.8 Å². The molecule has 0 saturated heterocycles. The molecule has 0 amide bonds. The van der Waals surface area contributed by atoms with E-state index in [1.165, 1.54) is 0 Å². The second-order valence-electron chi connectivity index (χ2n) is 3.22. The molecule has 0 spiro atoms. The fraction of sp³-hybridized carbons (Fsp3) is 0.889. The Hall–Kier alpha value is -0.370. The number of nitrogens with two attached hydrogens (primary N) is 1. The van der Waals surface area contributed by atoms with Crippen molar-refractivity contribution in [2.75, 3.05) is 0 Å². The van der Waals surface area contributed by atoms with Crippen molar-refractivity contribution in [2.45, 2.75) is 46.6 Å². The first-order valence-corrected chi connectivity index (χ1v) is 4.23. The number of rotatable bonds is 3. The molecule has 11 heavy (non-hydrogen) atoms. The second kappa shape index (κ2) is 6.35. The molecule has 0 radical (unpaired) electrons. The van der Waals surface area contributed by atoms with Crippen molar-refractivity contribution < 1.29 is 6.22 Å². The third kappa shape index (κ3) is 9.63. The SMILES string of the molecule is CC.CC(C)C[C@](C)(N)C=O.[HH]. The zero-order chi connectivity index (χ0) is 9.49. The van der Waals surface area contributed by atoms with Crippen molar-refractivity contribution in [3.8, 4) is 0 Å². The molecule has 0 unspecified atom stereocenters. The molecule has 0 saturated carbocycles. The number of hydrogen-bond acceptors (Lipinski definition) is 2. The molecule has 0 rings (SSSR count). The van der Waals surface area contributed by atoms with Gasteiger partial charge in [0.15, 0.2) is 0 Å². The van der Waals surface area contributed by atoms with Gasteiger partial charge in [0.25, 0.3) is 0 Å². The van der Waals surface area contributed by atoms with Crippen LogP contribution in [0.25, 0.3) is 0 Å². The van der Waals surface area contributed by atoms with Crippen molar-refractivity contribution >= 4 is 6.29 Å². The van der Waals surface area contributed by atoms with Gasteiger partial charge < -0.3 is 10.5 Å². The van der Waals surface area contributed by atoms with Crippen LogP contribution in [-0.4, -0.2) is 11.8 Å². The molecule has 0 aromatic rings. The van der Waals surface area contributed by atoms with E-state index in [0.29, 0.717) is 5.92 Å². The lowest BCUT2D eigenvalue weighted by Crippen LogP contribution is -2.39. The van der Waals surface area contributed by atoms with Gasteiger partial charge in [-0.05, 0) is 19.3 Å². The summed E-state index contributed by atoms with van der Waals surface area (Å²) in [5.41, 5.74) is 4.93. The smallest absolute Gasteiger partial charge is 0.139 e. The fourth-order valence-electron chi connectivity index (χ4n) is 0.928. The number of aldehydes is 1. The van der Waals surface area contributed by atoms with Crippen LogP contribution < -0.4 is 5.73 Å². The summed E-state index contributed by atoms with van der Waals surface area (Å²) in [7, 11) is 0. The lowest BCUT2D eigenvalue weighted by molar-refractivity contribution is -0.112. The van der Waals surface area contributed by atoms with E-state index < -0.39 is 5.54 Å². The van der Waals surface area contributed by atoms with Gasteiger partial charge in [0.05, 0.1) is 5.54 Å². The molecule has 0 aliphatic rings. The van der Waals surface area contributed by atoms with Crippen molar-refractivity contribution in [1.82, 2.24) is 0 Å². The van der Waals surface area contributed by atoms with Crippen molar-refractivity contribution in [1.29, 1.82) is 0 Å². The van der Waals surface area contributed by atoms with Crippen LogP contribution in [0.2, 0.25) is 0 Å². The monoisotopic (exact) mass is 161 g/mol. The molecule has 0 aromatic heterocycles. The standard InChI is InChI=1S/C7H15NO.C2H6.H2/c1-6(2)4-7(3,8)5-9;1-2;/h5-6H,4,8H2,1-3H3;1-2H3;1H/t7-;;/m0../s1. The van der Waals surface area contributed by atoms with E-state index in [1.54, 1.807) is 6.92 Å². The minimum Gasteiger partial charge on any atom is -0.319 e. The lowest BCUT2D eigenvalue weighted by atomic mass is 9.94. The summed E-state index contributed by atoms with van der Waals surface area (Å²) in [6.45, 7) is 9.85. The first kappa shape index (κ1) is 13.2. The molecule has 2 nitrogen and oxygen atoms in total. The Kier molecular flexibility index (Phi) is 7.64. The van der Waals surface area contributed by atoms with E-state index in [4.69, 9.17) is 5.73 Å². The Labute approximate surface area is 71.7 Å². The molecule has 0 bridgehead atoms. The van der Waals surface area contributed by atoms with Gasteiger partial charge in [0, 0.05) is 1.43 Å². The predicted molar refractivity (Wildman–Crippen MR) is 51.6 cm³/mol. The summed E-state index contributed by atoms with van der Waals surface area (Å²) < 4.78 is 0. The van der Waals surface area contributed by atoms with Crippen LogP contribution in [0.4, 0.5) is 0 Å². The molecule has 0 fully saturated rings. The maximum atomic E-state index is 10.2. The summed E-state index contributed by atoms with van der Waals surface area (Å²) >= 11 is 0. The maximum Gasteiger partial charge on any atom is 0.139 e. The Balaban J connectivity index is -0.000000249. The van der Waals surface area contributed by atoms with Gasteiger partial charge in [-0.25, -0.2) is 0 Å². The maximum absolute atomic E-state index is 10.2. The average molecular weight is 161 g/mol. The van der Waals surface area contributed by atoms with Crippen LogP contribution in [-0.2, 0) is 4.79 Å². The summed E-state index contributed by atoms with van der Waals surface area (Å²) in [5, 5.41) is 0. The molecule has 0 heterocycles. The highest BCUT2D eigenvalue weighted by Gasteiger charge is 2.17. The molecule has 0 aliphatic carbocycles. The average Bonchev–Trinajstić information content (AvgIpc) is 1.90. The molecule has 0 aliphatic heterocycles. The van der Waals surface area contributed by atoms with Crippen LogP contribution in [0.1, 0.15) is 42.5 Å². The van der Waals surface area contributed by atoms with E-state index in [9.17, 15) is 4.79 Å². The molecule has 2 heteroatoms. The topological polar surface area (TPSA) is 43.1 Å². The molecule has 0 aromatic carbocycles. The molecule has 2 N–H and O–H groups in total. The first-order valence-electron chi connectivity index (χ1n) is 4.23. The van der Waals surface area contributed by atoms with Crippen molar-refractivity contribution in [3.63, 3.8) is 0 Å². The van der Waals surface area contributed by atoms with E-state index >= 15 is 0 Å². The van der Waals surface area contributed by atoms with E-state index in [1.807, 2.05) is 13.8 Å². The van der Waals surface area contributed by atoms with Crippen LogP contribution in [0.5, 0.6) is 0 Å². The Morgan fingerprint density at radius 3 is 2.00 bits per heavy atom. The highest BCUT2D eigenvalue weighted by Crippen LogP contribution is 2.09. The van der Waals surface area contributed by atoms with Crippen LogP contribution in [0, 0.1) is 5.92 Å². The largest absolute Gasteiger partial charge is 0.319 e. The second-order valence-corrected chi connectivity index (χ2v) is 3.22. The van der Waals surface area contributed by atoms with E-state index in [0.717, 1.165) is 12.7 Å². The minimum absolute atomic E-state index is 0. The zero-order valence-electron chi connectivity index (χ0n) is 8.35. The van der Waals surface area contributed by atoms with Crippen LogP contribution in [0.3, 0.4) is 0 Å². The fourth-order valence-corrected chi connectivity index (χ4v) is 0.928. The van der Waals surface area contributed by atoms with Crippen molar-refractivity contribution in [2.24, 2.45) is 11.7 Å². The van der Waals surface area contributed by atoms with Gasteiger partial charge >= 0.3 is 0 Å². The molecular formula is C9H23NO. The van der Waals surface area contributed by atoms with Crippen molar-refractivity contribution in [3.05, 3.63) is 0 Å². The normalized spacial score (nSPS) is 14.8. The summed E-state index contributed by atoms with van der Waals surface area (Å²) in [6.07, 6.45) is 1.57. The minimum atomic E-state index is -0.617.